The van der Waals surface area contributed by atoms with Gasteiger partial charge in [0.15, 0.2) is 0 Å². The molecule has 2 saturated heterocycles. The Bertz CT molecular complexity index is 142. The van der Waals surface area contributed by atoms with Crippen LogP contribution in [0.4, 0.5) is 0 Å². The van der Waals surface area contributed by atoms with Crippen molar-refractivity contribution < 1.29 is 5.11 Å². The second kappa shape index (κ2) is 6.04. The summed E-state index contributed by atoms with van der Waals surface area (Å²) in [6.45, 7) is 4.25. The van der Waals surface area contributed by atoms with Crippen molar-refractivity contribution in [1.82, 2.24) is 10.2 Å². The van der Waals surface area contributed by atoms with Gasteiger partial charge < -0.3 is 10.4 Å². The van der Waals surface area contributed by atoms with Crippen LogP contribution in [-0.2, 0) is 0 Å². The van der Waals surface area contributed by atoms with E-state index < -0.39 is 0 Å². The predicted molar refractivity (Wildman–Crippen MR) is 58.0 cm³/mol. The van der Waals surface area contributed by atoms with Crippen molar-refractivity contribution in [2.75, 3.05) is 26.2 Å². The molecule has 0 aromatic carbocycles. The van der Waals surface area contributed by atoms with Crippen molar-refractivity contribution in [3.05, 3.63) is 0 Å². The molecule has 2 heterocycles. The van der Waals surface area contributed by atoms with Gasteiger partial charge in [0.05, 0.1) is 6.10 Å². The standard InChI is InChI=1S/C8H16N2O.2ClH/c11-8-2-4-10(6-8)7-1-3-9-5-7;;/h7-9,11H,1-6H2;2*1H/t7-,8+;;/m1../s1. The molecular formula is C8H18Cl2N2O. The summed E-state index contributed by atoms with van der Waals surface area (Å²) < 4.78 is 0. The third kappa shape index (κ3) is 3.26. The molecule has 0 aliphatic carbocycles. The van der Waals surface area contributed by atoms with E-state index in [0.29, 0.717) is 6.04 Å². The van der Waals surface area contributed by atoms with E-state index in [0.717, 1.165) is 32.6 Å². The third-order valence-corrected chi connectivity index (χ3v) is 2.75. The number of β-amino-alcohol motifs (C(OH)–C–C–N with tert-alkyl or cyclic N) is 1. The zero-order valence-electron chi connectivity index (χ0n) is 7.61. The highest BCUT2D eigenvalue weighted by Gasteiger charge is 2.28. The minimum atomic E-state index is -0.0596. The zero-order chi connectivity index (χ0) is 7.68. The van der Waals surface area contributed by atoms with Crippen molar-refractivity contribution in [1.29, 1.82) is 0 Å². The quantitative estimate of drug-likeness (QED) is 0.677. The number of aliphatic hydroxyl groups excluding tert-OH is 1. The topological polar surface area (TPSA) is 35.5 Å². The number of rotatable bonds is 1. The Kier molecular flexibility index (Phi) is 6.25. The number of nitrogens with one attached hydrogen (secondary N) is 1. The third-order valence-electron chi connectivity index (χ3n) is 2.75. The van der Waals surface area contributed by atoms with Crippen LogP contribution < -0.4 is 5.32 Å². The van der Waals surface area contributed by atoms with Crippen molar-refractivity contribution in [3.8, 4) is 0 Å². The van der Waals surface area contributed by atoms with Gasteiger partial charge in [-0.05, 0) is 19.4 Å². The van der Waals surface area contributed by atoms with E-state index in [2.05, 4.69) is 10.2 Å². The maximum absolute atomic E-state index is 9.30. The SMILES string of the molecule is Cl.Cl.O[C@H]1CCN([C@@H]2CCNC2)C1. The molecule has 0 bridgehead atoms. The van der Waals surface area contributed by atoms with Crippen LogP contribution in [0, 0.1) is 0 Å². The molecule has 2 N–H and O–H groups in total. The second-order valence-corrected chi connectivity index (χ2v) is 3.58. The summed E-state index contributed by atoms with van der Waals surface area (Å²) in [5.74, 6) is 0. The lowest BCUT2D eigenvalue weighted by Gasteiger charge is -2.21. The van der Waals surface area contributed by atoms with Crippen LogP contribution in [0.1, 0.15) is 12.8 Å². The molecule has 2 aliphatic rings. The first kappa shape index (κ1) is 13.5. The molecule has 2 fully saturated rings. The van der Waals surface area contributed by atoms with Crippen molar-refractivity contribution in [2.45, 2.75) is 25.0 Å². The Morgan fingerprint density at radius 1 is 1.23 bits per heavy atom. The molecule has 5 heteroatoms. The van der Waals surface area contributed by atoms with E-state index in [-0.39, 0.29) is 30.9 Å². The molecule has 0 amide bonds. The van der Waals surface area contributed by atoms with E-state index in [1.165, 1.54) is 6.42 Å². The fourth-order valence-electron chi connectivity index (χ4n) is 2.05. The summed E-state index contributed by atoms with van der Waals surface area (Å²) in [4.78, 5) is 2.41. The normalized spacial score (nSPS) is 33.9. The maximum atomic E-state index is 9.30. The van der Waals surface area contributed by atoms with Gasteiger partial charge in [-0.25, -0.2) is 0 Å². The summed E-state index contributed by atoms with van der Waals surface area (Å²) in [5.41, 5.74) is 0. The summed E-state index contributed by atoms with van der Waals surface area (Å²) in [7, 11) is 0. The van der Waals surface area contributed by atoms with E-state index in [1.54, 1.807) is 0 Å². The molecule has 3 nitrogen and oxygen atoms in total. The minimum Gasteiger partial charge on any atom is -0.392 e. The van der Waals surface area contributed by atoms with Crippen molar-refractivity contribution in [3.63, 3.8) is 0 Å². The Morgan fingerprint density at radius 3 is 2.46 bits per heavy atom. The van der Waals surface area contributed by atoms with E-state index >= 15 is 0 Å². The predicted octanol–water partition coefficient (Wildman–Crippen LogP) is 0.259. The molecule has 2 atom stereocenters. The molecular weight excluding hydrogens is 211 g/mol. The molecule has 2 rings (SSSR count). The Hall–Kier alpha value is 0.460. The first-order chi connectivity index (χ1) is 5.36. The number of aliphatic hydroxyl groups is 1. The molecule has 0 radical (unpaired) electrons. The Labute approximate surface area is 91.7 Å². The fraction of sp³-hybridized carbons (Fsp3) is 1.00. The Balaban J connectivity index is 0.000000720. The molecule has 2 aliphatic heterocycles. The van der Waals surface area contributed by atoms with E-state index in [4.69, 9.17) is 0 Å². The average Bonchev–Trinajstić information content (AvgIpc) is 2.55. The van der Waals surface area contributed by atoms with Crippen LogP contribution in [0.2, 0.25) is 0 Å². The monoisotopic (exact) mass is 228 g/mol. The van der Waals surface area contributed by atoms with Crippen LogP contribution >= 0.6 is 24.8 Å². The van der Waals surface area contributed by atoms with Gasteiger partial charge in [0.25, 0.3) is 0 Å². The van der Waals surface area contributed by atoms with Crippen LogP contribution in [0.25, 0.3) is 0 Å². The van der Waals surface area contributed by atoms with Crippen LogP contribution in [-0.4, -0.2) is 48.3 Å². The van der Waals surface area contributed by atoms with Gasteiger partial charge in [0.1, 0.15) is 0 Å². The van der Waals surface area contributed by atoms with E-state index in [9.17, 15) is 5.11 Å². The van der Waals surface area contributed by atoms with Gasteiger partial charge in [-0.2, -0.15) is 0 Å². The summed E-state index contributed by atoms with van der Waals surface area (Å²) in [6, 6.07) is 0.701. The summed E-state index contributed by atoms with van der Waals surface area (Å²) >= 11 is 0. The number of halogens is 2. The van der Waals surface area contributed by atoms with Gasteiger partial charge in [0, 0.05) is 25.7 Å². The second-order valence-electron chi connectivity index (χ2n) is 3.58. The molecule has 0 aromatic rings. The summed E-state index contributed by atoms with van der Waals surface area (Å²) in [6.07, 6.45) is 2.17. The van der Waals surface area contributed by atoms with Crippen molar-refractivity contribution >= 4 is 24.8 Å². The highest BCUT2D eigenvalue weighted by atomic mass is 35.5. The van der Waals surface area contributed by atoms with Gasteiger partial charge in [-0.1, -0.05) is 0 Å². The largest absolute Gasteiger partial charge is 0.392 e. The van der Waals surface area contributed by atoms with Gasteiger partial charge in [-0.3, -0.25) is 4.90 Å². The molecule has 0 saturated carbocycles. The lowest BCUT2D eigenvalue weighted by molar-refractivity contribution is 0.163. The average molecular weight is 229 g/mol. The zero-order valence-corrected chi connectivity index (χ0v) is 9.24. The molecule has 80 valence electrons. The van der Waals surface area contributed by atoms with Crippen LogP contribution in [0.5, 0.6) is 0 Å². The number of nitrogens with zero attached hydrogens (tertiary/aromatic N) is 1. The van der Waals surface area contributed by atoms with Crippen LogP contribution in [0.15, 0.2) is 0 Å². The molecule has 0 spiro atoms. The first-order valence-corrected chi connectivity index (χ1v) is 4.49. The van der Waals surface area contributed by atoms with Crippen LogP contribution in [0.3, 0.4) is 0 Å². The molecule has 0 aromatic heterocycles. The van der Waals surface area contributed by atoms with E-state index in [1.807, 2.05) is 0 Å². The minimum absolute atomic E-state index is 0. The lowest BCUT2D eigenvalue weighted by atomic mass is 10.2. The highest BCUT2D eigenvalue weighted by Crippen LogP contribution is 2.16. The smallest absolute Gasteiger partial charge is 0.0679 e. The lowest BCUT2D eigenvalue weighted by Crippen LogP contribution is -2.35. The first-order valence-electron chi connectivity index (χ1n) is 4.49. The molecule has 0 unspecified atom stereocenters. The maximum Gasteiger partial charge on any atom is 0.0679 e. The number of hydrogen-bond donors (Lipinski definition) is 2. The highest BCUT2D eigenvalue weighted by molar-refractivity contribution is 5.85. The Morgan fingerprint density at radius 2 is 2.00 bits per heavy atom. The fourth-order valence-corrected chi connectivity index (χ4v) is 2.05. The van der Waals surface area contributed by atoms with Gasteiger partial charge >= 0.3 is 0 Å². The summed E-state index contributed by atoms with van der Waals surface area (Å²) in [5, 5.41) is 12.6. The molecule has 13 heavy (non-hydrogen) atoms. The van der Waals surface area contributed by atoms with Crippen molar-refractivity contribution in [2.24, 2.45) is 0 Å². The number of hydrogen-bond acceptors (Lipinski definition) is 3. The van der Waals surface area contributed by atoms with Gasteiger partial charge in [-0.15, -0.1) is 24.8 Å². The van der Waals surface area contributed by atoms with Gasteiger partial charge in [0.2, 0.25) is 0 Å². The number of likely N-dealkylation sites (tertiary alicyclic amines) is 1.